The Bertz CT molecular complexity index is 1030. The van der Waals surface area contributed by atoms with Gasteiger partial charge in [-0.3, -0.25) is 4.79 Å². The number of epoxide rings is 3. The van der Waals surface area contributed by atoms with Crippen molar-refractivity contribution in [2.75, 3.05) is 7.11 Å². The number of fused-ring (bicyclic) bond motifs is 4. The zero-order chi connectivity index (χ0) is 23.6. The van der Waals surface area contributed by atoms with Gasteiger partial charge in [-0.1, -0.05) is 18.2 Å². The first-order valence-corrected chi connectivity index (χ1v) is 11.1. The van der Waals surface area contributed by atoms with Gasteiger partial charge in [-0.15, -0.1) is 0 Å². The summed E-state index contributed by atoms with van der Waals surface area (Å²) in [7, 11) is 1.30. The third kappa shape index (κ3) is 2.60. The molecule has 5 fully saturated rings. The van der Waals surface area contributed by atoms with Crippen LogP contribution in [-0.2, 0) is 47.5 Å². The number of carbonyl (C=O) groups is 3. The summed E-state index contributed by atoms with van der Waals surface area (Å²) in [4.78, 5) is 37.3. The molecule has 6 aliphatic rings. The van der Waals surface area contributed by atoms with Crippen LogP contribution in [0.15, 0.2) is 23.8 Å². The molecule has 10 nitrogen and oxygen atoms in total. The highest BCUT2D eigenvalue weighted by Crippen LogP contribution is 2.76. The first kappa shape index (κ1) is 21.3. The Morgan fingerprint density at radius 3 is 2.58 bits per heavy atom. The minimum absolute atomic E-state index is 0.198. The van der Waals surface area contributed by atoms with E-state index in [-0.39, 0.29) is 12.3 Å². The fourth-order valence-electron chi connectivity index (χ4n) is 5.98. The predicted molar refractivity (Wildman–Crippen MR) is 106 cm³/mol. The Kier molecular flexibility index (Phi) is 4.02. The molecule has 5 saturated heterocycles. The number of methoxy groups -OCH3 is 1. The van der Waals surface area contributed by atoms with E-state index >= 15 is 0 Å². The van der Waals surface area contributed by atoms with Crippen LogP contribution in [0, 0.1) is 5.92 Å². The maximum atomic E-state index is 12.8. The molecule has 0 aromatic rings. The monoisotopic (exact) mass is 462 g/mol. The average Bonchev–Trinajstić information content (AvgIpc) is 3.67. The molecule has 0 N–H and O–H groups in total. The molecule has 6 rings (SSSR count). The number of ether oxygens (including phenoxy) is 7. The highest BCUT2D eigenvalue weighted by molar-refractivity contribution is 5.93. The maximum Gasteiger partial charge on any atom is 0.347 e. The van der Waals surface area contributed by atoms with E-state index in [1.807, 2.05) is 13.8 Å². The van der Waals surface area contributed by atoms with Crippen LogP contribution in [0.3, 0.4) is 0 Å². The summed E-state index contributed by atoms with van der Waals surface area (Å²) in [6.45, 7) is 9.10. The molecule has 0 saturated carbocycles. The van der Waals surface area contributed by atoms with E-state index in [1.165, 1.54) is 14.0 Å². The van der Waals surface area contributed by atoms with Gasteiger partial charge in [0.15, 0.2) is 12.2 Å². The molecular weight excluding hydrogens is 436 g/mol. The Morgan fingerprint density at radius 2 is 1.91 bits per heavy atom. The zero-order valence-corrected chi connectivity index (χ0v) is 18.9. The van der Waals surface area contributed by atoms with E-state index in [0.29, 0.717) is 18.4 Å². The van der Waals surface area contributed by atoms with Crippen molar-refractivity contribution in [2.45, 2.75) is 87.2 Å². The Morgan fingerprint density at radius 1 is 1.15 bits per heavy atom. The number of carbonyl (C=O) groups excluding carboxylic acids is 3. The largest absolute Gasteiger partial charge is 0.467 e. The highest BCUT2D eigenvalue weighted by Gasteiger charge is 3.01. The standard InChI is InChI=1S/C23H26O10/c1-10(2)12-6-7-13-15(28-11(3)24)14(29-16(13)25)9-20(4)17(30-20)23-18(31-23)22(19(26)27-5)21(8-12,32-22)33-23/h7,12,14-15,17-18H,1,6,8-9H2,2-5H3/b13-7-/t12-,14-,15-,17+,18?,20-,21?,22?,23?/m0/s1. The van der Waals surface area contributed by atoms with Crippen LogP contribution in [0.2, 0.25) is 0 Å². The van der Waals surface area contributed by atoms with Crippen LogP contribution in [0.4, 0.5) is 0 Å². The topological polar surface area (TPSA) is 126 Å². The molecule has 0 aliphatic carbocycles. The fraction of sp³-hybridized carbons (Fsp3) is 0.696. The first-order valence-electron chi connectivity index (χ1n) is 11.1. The summed E-state index contributed by atoms with van der Waals surface area (Å²) in [6, 6.07) is 0. The molecule has 0 aromatic heterocycles. The van der Waals surface area contributed by atoms with Crippen LogP contribution in [-0.4, -0.2) is 72.2 Å². The predicted octanol–water partition coefficient (Wildman–Crippen LogP) is 1.07. The van der Waals surface area contributed by atoms with Gasteiger partial charge in [0.05, 0.1) is 12.7 Å². The molecule has 9 atom stereocenters. The van der Waals surface area contributed by atoms with Gasteiger partial charge in [-0.2, -0.15) is 0 Å². The van der Waals surface area contributed by atoms with Gasteiger partial charge < -0.3 is 33.2 Å². The summed E-state index contributed by atoms with van der Waals surface area (Å²) in [5.41, 5.74) is -1.01. The first-order chi connectivity index (χ1) is 15.5. The molecular formula is C23H26O10. The molecule has 33 heavy (non-hydrogen) atoms. The zero-order valence-electron chi connectivity index (χ0n) is 18.9. The van der Waals surface area contributed by atoms with Crippen LogP contribution >= 0.6 is 0 Å². The lowest BCUT2D eigenvalue weighted by atomic mass is 9.84. The fourth-order valence-corrected chi connectivity index (χ4v) is 5.98. The van der Waals surface area contributed by atoms with E-state index < -0.39 is 65.1 Å². The van der Waals surface area contributed by atoms with E-state index in [1.54, 1.807) is 6.08 Å². The lowest BCUT2D eigenvalue weighted by Crippen LogP contribution is -2.38. The second-order valence-electron chi connectivity index (χ2n) is 10.0. The van der Waals surface area contributed by atoms with E-state index in [9.17, 15) is 14.4 Å². The van der Waals surface area contributed by atoms with Crippen molar-refractivity contribution < 1.29 is 47.5 Å². The summed E-state index contributed by atoms with van der Waals surface area (Å²) in [5.74, 6) is -4.14. The van der Waals surface area contributed by atoms with Gasteiger partial charge in [-0.05, 0) is 26.2 Å². The van der Waals surface area contributed by atoms with Crippen molar-refractivity contribution in [3.05, 3.63) is 23.8 Å². The lowest BCUT2D eigenvalue weighted by molar-refractivity contribution is -0.163. The van der Waals surface area contributed by atoms with Crippen molar-refractivity contribution in [3.8, 4) is 0 Å². The van der Waals surface area contributed by atoms with Crippen molar-refractivity contribution in [2.24, 2.45) is 5.92 Å². The molecule has 6 heterocycles. The normalized spacial score (nSPS) is 52.2. The van der Waals surface area contributed by atoms with Gasteiger partial charge in [0.1, 0.15) is 17.8 Å². The number of esters is 3. The van der Waals surface area contributed by atoms with E-state index in [0.717, 1.165) is 5.57 Å². The summed E-state index contributed by atoms with van der Waals surface area (Å²) < 4.78 is 40.5. The van der Waals surface area contributed by atoms with Crippen molar-refractivity contribution in [1.29, 1.82) is 0 Å². The summed E-state index contributed by atoms with van der Waals surface area (Å²) in [5, 5.41) is 0. The molecule has 10 heteroatoms. The van der Waals surface area contributed by atoms with Crippen molar-refractivity contribution >= 4 is 17.9 Å². The number of allylic oxidation sites excluding steroid dienone is 2. The Labute approximate surface area is 190 Å². The van der Waals surface area contributed by atoms with Gasteiger partial charge in [0.25, 0.3) is 5.60 Å². The quantitative estimate of drug-likeness (QED) is 0.260. The SMILES string of the molecule is C=C(C)[C@H]1C/C=C2\C(=O)O[C@@H](C[C@]3(C)O[C@H]3C34OC3C3(C(=O)OC)OC3(C1)O4)[C@H]2OC(C)=O. The number of hydrogen-bond acceptors (Lipinski definition) is 10. The smallest absolute Gasteiger partial charge is 0.347 e. The molecule has 4 unspecified atom stereocenters. The van der Waals surface area contributed by atoms with Crippen molar-refractivity contribution in [3.63, 3.8) is 0 Å². The van der Waals surface area contributed by atoms with Crippen molar-refractivity contribution in [1.82, 2.24) is 0 Å². The third-order valence-corrected chi connectivity index (χ3v) is 7.76. The molecule has 0 radical (unpaired) electrons. The van der Waals surface area contributed by atoms with Gasteiger partial charge in [0, 0.05) is 19.8 Å². The van der Waals surface area contributed by atoms with Crippen LogP contribution in [0.1, 0.15) is 40.0 Å². The Balaban J connectivity index is 1.41. The second kappa shape index (κ2) is 6.24. The molecule has 178 valence electrons. The molecule has 4 bridgehead atoms. The average molecular weight is 462 g/mol. The van der Waals surface area contributed by atoms with Gasteiger partial charge >= 0.3 is 17.9 Å². The second-order valence-corrected chi connectivity index (χ2v) is 10.0. The molecule has 0 amide bonds. The van der Waals surface area contributed by atoms with E-state index in [4.69, 9.17) is 33.2 Å². The number of rotatable bonds is 3. The Hall–Kier alpha value is -2.27. The summed E-state index contributed by atoms with van der Waals surface area (Å²) in [6.07, 6.45) is -0.0349. The van der Waals surface area contributed by atoms with Gasteiger partial charge in [0.2, 0.25) is 11.6 Å². The van der Waals surface area contributed by atoms with Crippen LogP contribution in [0.25, 0.3) is 0 Å². The highest BCUT2D eigenvalue weighted by atomic mass is 17.0. The van der Waals surface area contributed by atoms with Gasteiger partial charge in [-0.25, -0.2) is 9.59 Å². The molecule has 2 spiro atoms. The number of hydrogen-bond donors (Lipinski definition) is 0. The van der Waals surface area contributed by atoms with Crippen LogP contribution < -0.4 is 0 Å². The minimum atomic E-state index is -1.36. The lowest BCUT2D eigenvalue weighted by Gasteiger charge is -2.23. The van der Waals surface area contributed by atoms with E-state index in [2.05, 4.69) is 6.58 Å². The molecule has 6 aliphatic heterocycles. The summed E-state index contributed by atoms with van der Waals surface area (Å²) >= 11 is 0. The third-order valence-electron chi connectivity index (χ3n) is 7.76. The minimum Gasteiger partial charge on any atom is -0.467 e. The molecule has 0 aromatic carbocycles. The van der Waals surface area contributed by atoms with Crippen LogP contribution in [0.5, 0.6) is 0 Å². The maximum absolute atomic E-state index is 12.8.